The van der Waals surface area contributed by atoms with Gasteiger partial charge in [0.15, 0.2) is 0 Å². The molecule has 19 heavy (non-hydrogen) atoms. The molecule has 0 atom stereocenters. The van der Waals surface area contributed by atoms with Crippen LogP contribution in [0.4, 0.5) is 10.6 Å². The lowest BCUT2D eigenvalue weighted by molar-refractivity contribution is 0.240. The van der Waals surface area contributed by atoms with Crippen LogP contribution in [0.2, 0.25) is 0 Å². The number of carbonyl (C=O) groups excluding carboxylic acids is 1. The van der Waals surface area contributed by atoms with Crippen molar-refractivity contribution in [1.82, 2.24) is 10.3 Å². The molecule has 100 valence electrons. The molecule has 0 bridgehead atoms. The molecule has 0 aliphatic rings. The van der Waals surface area contributed by atoms with Crippen molar-refractivity contribution in [3.05, 3.63) is 36.5 Å². The first-order chi connectivity index (χ1) is 9.02. The highest BCUT2D eigenvalue weighted by molar-refractivity contribution is 5.99. The maximum atomic E-state index is 12.0. The van der Waals surface area contributed by atoms with Gasteiger partial charge in [0, 0.05) is 17.1 Å². The quantitative estimate of drug-likeness (QED) is 0.883. The van der Waals surface area contributed by atoms with Gasteiger partial charge in [-0.3, -0.25) is 5.32 Å². The summed E-state index contributed by atoms with van der Waals surface area (Å²) in [5, 5.41) is 7.74. The minimum absolute atomic E-state index is 0.226. The number of benzene rings is 1. The molecule has 4 heteroatoms. The Kier molecular flexibility index (Phi) is 3.69. The zero-order valence-electron chi connectivity index (χ0n) is 11.5. The first-order valence-electron chi connectivity index (χ1n) is 6.45. The highest BCUT2D eigenvalue weighted by atomic mass is 16.2. The summed E-state index contributed by atoms with van der Waals surface area (Å²) >= 11 is 0. The number of aromatic nitrogens is 1. The average Bonchev–Trinajstić information content (AvgIpc) is 2.38. The molecule has 2 amide bonds. The Morgan fingerprint density at radius 1 is 1.26 bits per heavy atom. The molecule has 2 rings (SSSR count). The molecule has 0 saturated heterocycles. The van der Waals surface area contributed by atoms with E-state index in [1.807, 2.05) is 51.1 Å². The number of anilines is 1. The number of pyridine rings is 1. The standard InChI is InChI=1S/C15H19N3O/c1-4-15(2,3)18-14(19)17-13-12-8-6-5-7-11(12)9-10-16-13/h5-10H,4H2,1-3H3,(H2,16,17,18,19). The Bertz CT molecular complexity index is 587. The van der Waals surface area contributed by atoms with Crippen LogP contribution in [-0.4, -0.2) is 16.6 Å². The van der Waals surface area contributed by atoms with Crippen LogP contribution in [0.25, 0.3) is 10.8 Å². The maximum absolute atomic E-state index is 12.0. The highest BCUT2D eigenvalue weighted by Crippen LogP contribution is 2.20. The number of nitrogens with one attached hydrogen (secondary N) is 2. The molecule has 2 aromatic rings. The summed E-state index contributed by atoms with van der Waals surface area (Å²) < 4.78 is 0. The van der Waals surface area contributed by atoms with E-state index in [1.54, 1.807) is 6.20 Å². The van der Waals surface area contributed by atoms with Crippen LogP contribution in [0.5, 0.6) is 0 Å². The van der Waals surface area contributed by atoms with E-state index in [4.69, 9.17) is 0 Å². The number of hydrogen-bond acceptors (Lipinski definition) is 2. The van der Waals surface area contributed by atoms with E-state index in [9.17, 15) is 4.79 Å². The normalized spacial score (nSPS) is 11.3. The fourth-order valence-corrected chi connectivity index (χ4v) is 1.75. The Labute approximate surface area is 113 Å². The summed E-state index contributed by atoms with van der Waals surface area (Å²) in [6.07, 6.45) is 2.56. The third-order valence-corrected chi connectivity index (χ3v) is 3.24. The fraction of sp³-hybridized carbons (Fsp3) is 0.333. The second-order valence-electron chi connectivity index (χ2n) is 5.20. The van der Waals surface area contributed by atoms with Crippen LogP contribution in [0.3, 0.4) is 0 Å². The lowest BCUT2D eigenvalue weighted by atomic mass is 10.0. The van der Waals surface area contributed by atoms with Gasteiger partial charge in [-0.25, -0.2) is 9.78 Å². The van der Waals surface area contributed by atoms with Crippen molar-refractivity contribution in [1.29, 1.82) is 0 Å². The lowest BCUT2D eigenvalue weighted by Crippen LogP contribution is -2.45. The largest absolute Gasteiger partial charge is 0.333 e. The number of rotatable bonds is 3. The van der Waals surface area contributed by atoms with Crippen LogP contribution in [0.15, 0.2) is 36.5 Å². The summed E-state index contributed by atoms with van der Waals surface area (Å²) in [4.78, 5) is 16.2. The van der Waals surface area contributed by atoms with Crippen molar-refractivity contribution < 1.29 is 4.79 Å². The zero-order chi connectivity index (χ0) is 13.9. The third-order valence-electron chi connectivity index (χ3n) is 3.24. The smallest absolute Gasteiger partial charge is 0.320 e. The second kappa shape index (κ2) is 5.26. The molecule has 0 radical (unpaired) electrons. The predicted octanol–water partition coefficient (Wildman–Crippen LogP) is 3.54. The van der Waals surface area contributed by atoms with Gasteiger partial charge >= 0.3 is 6.03 Å². The molecule has 1 aromatic heterocycles. The van der Waals surface area contributed by atoms with Crippen LogP contribution in [0, 0.1) is 0 Å². The number of nitrogens with zero attached hydrogens (tertiary/aromatic N) is 1. The van der Waals surface area contributed by atoms with Gasteiger partial charge in [0.2, 0.25) is 0 Å². The molecular weight excluding hydrogens is 238 g/mol. The van der Waals surface area contributed by atoms with Gasteiger partial charge in [0.05, 0.1) is 0 Å². The number of amides is 2. The zero-order valence-corrected chi connectivity index (χ0v) is 11.5. The van der Waals surface area contributed by atoms with Crippen molar-refractivity contribution in [3.63, 3.8) is 0 Å². The molecule has 1 aromatic carbocycles. The van der Waals surface area contributed by atoms with Gasteiger partial charge in [0.25, 0.3) is 0 Å². The highest BCUT2D eigenvalue weighted by Gasteiger charge is 2.18. The molecule has 0 aliphatic heterocycles. The topological polar surface area (TPSA) is 54.0 Å². The predicted molar refractivity (Wildman–Crippen MR) is 78.3 cm³/mol. The minimum atomic E-state index is -0.228. The van der Waals surface area contributed by atoms with E-state index in [0.29, 0.717) is 5.82 Å². The molecule has 0 saturated carbocycles. The average molecular weight is 257 g/mol. The van der Waals surface area contributed by atoms with Crippen molar-refractivity contribution in [3.8, 4) is 0 Å². The summed E-state index contributed by atoms with van der Waals surface area (Å²) in [6, 6.07) is 9.54. The van der Waals surface area contributed by atoms with Gasteiger partial charge in [-0.05, 0) is 31.7 Å². The summed E-state index contributed by atoms with van der Waals surface area (Å²) in [5.41, 5.74) is -0.228. The van der Waals surface area contributed by atoms with Gasteiger partial charge in [-0.2, -0.15) is 0 Å². The fourth-order valence-electron chi connectivity index (χ4n) is 1.75. The van der Waals surface area contributed by atoms with Gasteiger partial charge in [-0.15, -0.1) is 0 Å². The number of fused-ring (bicyclic) bond motifs is 1. The summed E-state index contributed by atoms with van der Waals surface area (Å²) in [6.45, 7) is 6.02. The third kappa shape index (κ3) is 3.22. The maximum Gasteiger partial charge on any atom is 0.320 e. The molecule has 1 heterocycles. The summed E-state index contributed by atoms with van der Waals surface area (Å²) in [7, 11) is 0. The van der Waals surface area contributed by atoms with Gasteiger partial charge in [-0.1, -0.05) is 31.2 Å². The Morgan fingerprint density at radius 3 is 2.74 bits per heavy atom. The van der Waals surface area contributed by atoms with E-state index in [1.165, 1.54) is 0 Å². The molecule has 0 unspecified atom stereocenters. The lowest BCUT2D eigenvalue weighted by Gasteiger charge is -2.24. The summed E-state index contributed by atoms with van der Waals surface area (Å²) in [5.74, 6) is 0.586. The molecule has 0 fully saturated rings. The van der Waals surface area contributed by atoms with Gasteiger partial charge < -0.3 is 5.32 Å². The van der Waals surface area contributed by atoms with E-state index in [2.05, 4.69) is 15.6 Å². The van der Waals surface area contributed by atoms with Crippen molar-refractivity contribution in [2.75, 3.05) is 5.32 Å². The van der Waals surface area contributed by atoms with Crippen molar-refractivity contribution in [2.24, 2.45) is 0 Å². The number of urea groups is 1. The number of hydrogen-bond donors (Lipinski definition) is 2. The first-order valence-corrected chi connectivity index (χ1v) is 6.45. The molecular formula is C15H19N3O. The first kappa shape index (κ1) is 13.3. The molecule has 4 nitrogen and oxygen atoms in total. The van der Waals surface area contributed by atoms with Crippen LogP contribution < -0.4 is 10.6 Å². The van der Waals surface area contributed by atoms with E-state index >= 15 is 0 Å². The minimum Gasteiger partial charge on any atom is -0.333 e. The van der Waals surface area contributed by atoms with E-state index < -0.39 is 0 Å². The molecule has 0 spiro atoms. The molecule has 0 aliphatic carbocycles. The Morgan fingerprint density at radius 2 is 2.00 bits per heavy atom. The van der Waals surface area contributed by atoms with Gasteiger partial charge in [0.1, 0.15) is 5.82 Å². The van der Waals surface area contributed by atoms with Crippen LogP contribution in [0.1, 0.15) is 27.2 Å². The van der Waals surface area contributed by atoms with Crippen molar-refractivity contribution in [2.45, 2.75) is 32.7 Å². The van der Waals surface area contributed by atoms with Crippen molar-refractivity contribution >= 4 is 22.6 Å². The molecule has 2 N–H and O–H groups in total. The Hall–Kier alpha value is -2.10. The Balaban J connectivity index is 2.20. The monoisotopic (exact) mass is 257 g/mol. The van der Waals surface area contributed by atoms with E-state index in [0.717, 1.165) is 17.2 Å². The number of carbonyl (C=O) groups is 1. The SMILES string of the molecule is CCC(C)(C)NC(=O)Nc1nccc2ccccc12. The van der Waals surface area contributed by atoms with Crippen LogP contribution >= 0.6 is 0 Å². The van der Waals surface area contributed by atoms with E-state index in [-0.39, 0.29) is 11.6 Å². The second-order valence-corrected chi connectivity index (χ2v) is 5.20. The van der Waals surface area contributed by atoms with Crippen LogP contribution in [-0.2, 0) is 0 Å².